The maximum atomic E-state index is 3.46. The van der Waals surface area contributed by atoms with Crippen LogP contribution >= 0.6 is 0 Å². The molecule has 0 aromatic heterocycles. The second kappa shape index (κ2) is 7.66. The third-order valence-corrected chi connectivity index (χ3v) is 4.08. The topological polar surface area (TPSA) is 15.3 Å². The molecule has 0 saturated carbocycles. The highest BCUT2D eigenvalue weighted by atomic mass is 15.1. The molecule has 0 aliphatic rings. The van der Waals surface area contributed by atoms with Crippen LogP contribution in [0.4, 0.5) is 0 Å². The first kappa shape index (κ1) is 16.2. The van der Waals surface area contributed by atoms with Crippen LogP contribution in [0.15, 0.2) is 18.2 Å². The summed E-state index contributed by atoms with van der Waals surface area (Å²) < 4.78 is 0. The van der Waals surface area contributed by atoms with Gasteiger partial charge in [0.1, 0.15) is 0 Å². The molecule has 0 amide bonds. The van der Waals surface area contributed by atoms with Crippen LogP contribution in [0.25, 0.3) is 0 Å². The average molecular weight is 262 g/mol. The summed E-state index contributed by atoms with van der Waals surface area (Å²) >= 11 is 0. The van der Waals surface area contributed by atoms with Crippen molar-refractivity contribution in [3.63, 3.8) is 0 Å². The predicted molar refractivity (Wildman–Crippen MR) is 84.7 cm³/mol. The Hall–Kier alpha value is -0.860. The van der Waals surface area contributed by atoms with Gasteiger partial charge in [-0.05, 0) is 52.4 Å². The van der Waals surface area contributed by atoms with E-state index in [4.69, 9.17) is 0 Å². The molecular weight excluding hydrogens is 232 g/mol. The molecule has 1 N–H and O–H groups in total. The lowest BCUT2D eigenvalue weighted by Crippen LogP contribution is -2.37. The number of hydrogen-bond donors (Lipinski definition) is 1. The fraction of sp³-hybridized carbons (Fsp3) is 0.647. The molecule has 0 heterocycles. The van der Waals surface area contributed by atoms with Gasteiger partial charge in [0.15, 0.2) is 0 Å². The van der Waals surface area contributed by atoms with Crippen molar-refractivity contribution in [2.24, 2.45) is 0 Å². The third kappa shape index (κ3) is 4.63. The van der Waals surface area contributed by atoms with Crippen LogP contribution in [0.3, 0.4) is 0 Å². The maximum absolute atomic E-state index is 3.46. The summed E-state index contributed by atoms with van der Waals surface area (Å²) in [4.78, 5) is 2.46. The van der Waals surface area contributed by atoms with Gasteiger partial charge in [-0.3, -0.25) is 0 Å². The summed E-state index contributed by atoms with van der Waals surface area (Å²) in [7, 11) is 4.29. The van der Waals surface area contributed by atoms with E-state index in [0.717, 1.165) is 6.54 Å². The lowest BCUT2D eigenvalue weighted by atomic mass is 9.98. The van der Waals surface area contributed by atoms with E-state index < -0.39 is 0 Å². The molecular formula is C17H30N2. The van der Waals surface area contributed by atoms with Gasteiger partial charge in [0, 0.05) is 18.6 Å². The number of nitrogens with zero attached hydrogens (tertiary/aromatic N) is 1. The summed E-state index contributed by atoms with van der Waals surface area (Å²) in [6, 6.07) is 7.80. The molecule has 0 fully saturated rings. The van der Waals surface area contributed by atoms with Gasteiger partial charge in [0.05, 0.1) is 0 Å². The lowest BCUT2D eigenvalue weighted by Gasteiger charge is -2.30. The molecule has 0 saturated heterocycles. The highest BCUT2D eigenvalue weighted by Crippen LogP contribution is 2.20. The fourth-order valence-electron chi connectivity index (χ4n) is 2.67. The number of benzene rings is 1. The predicted octanol–water partition coefficient (Wildman–Crippen LogP) is 3.68. The molecule has 2 nitrogen and oxygen atoms in total. The van der Waals surface area contributed by atoms with Crippen molar-refractivity contribution in [2.45, 2.75) is 52.6 Å². The summed E-state index contributed by atoms with van der Waals surface area (Å²) in [6.45, 7) is 9.99. The van der Waals surface area contributed by atoms with Crippen LogP contribution in [-0.4, -0.2) is 31.6 Å². The van der Waals surface area contributed by atoms with Gasteiger partial charge in [-0.25, -0.2) is 0 Å². The molecule has 1 aromatic rings. The van der Waals surface area contributed by atoms with E-state index in [9.17, 15) is 0 Å². The molecule has 0 spiro atoms. The molecule has 1 aromatic carbocycles. The molecule has 0 aliphatic carbocycles. The first-order valence-corrected chi connectivity index (χ1v) is 7.44. The van der Waals surface area contributed by atoms with Gasteiger partial charge in [0.25, 0.3) is 0 Å². The highest BCUT2D eigenvalue weighted by Gasteiger charge is 2.17. The molecule has 108 valence electrons. The zero-order valence-corrected chi connectivity index (χ0v) is 13.5. The smallest absolute Gasteiger partial charge is 0.0449 e. The minimum Gasteiger partial charge on any atom is -0.312 e. The summed E-state index contributed by atoms with van der Waals surface area (Å²) in [5, 5.41) is 3.46. The Labute approximate surface area is 119 Å². The molecule has 0 bridgehead atoms. The molecule has 2 heteroatoms. The largest absolute Gasteiger partial charge is 0.312 e. The molecule has 19 heavy (non-hydrogen) atoms. The number of rotatable bonds is 7. The van der Waals surface area contributed by atoms with Crippen LogP contribution in [-0.2, 0) is 0 Å². The summed E-state index contributed by atoms with van der Waals surface area (Å²) in [5.74, 6) is 0. The zero-order valence-electron chi connectivity index (χ0n) is 13.5. The lowest BCUT2D eigenvalue weighted by molar-refractivity contribution is 0.222. The fourth-order valence-corrected chi connectivity index (χ4v) is 2.67. The standard InChI is InChI=1S/C17H30N2/c1-7-8-15(4)19(6)12-17(18-5)16-10-9-13(2)11-14(16)3/h9-11,15,17-18H,7-8,12H2,1-6H3. The Morgan fingerprint density at radius 3 is 2.47 bits per heavy atom. The minimum absolute atomic E-state index is 0.407. The van der Waals surface area contributed by atoms with Crippen LogP contribution in [0, 0.1) is 13.8 Å². The Morgan fingerprint density at radius 1 is 1.26 bits per heavy atom. The van der Waals surface area contributed by atoms with Crippen molar-refractivity contribution in [1.29, 1.82) is 0 Å². The van der Waals surface area contributed by atoms with Gasteiger partial charge < -0.3 is 10.2 Å². The Balaban J connectivity index is 2.77. The van der Waals surface area contributed by atoms with Crippen molar-refractivity contribution < 1.29 is 0 Å². The number of hydrogen-bond acceptors (Lipinski definition) is 2. The summed E-state index contributed by atoms with van der Waals surface area (Å²) in [6.07, 6.45) is 2.51. The average Bonchev–Trinajstić information content (AvgIpc) is 2.36. The van der Waals surface area contributed by atoms with E-state index in [-0.39, 0.29) is 0 Å². The minimum atomic E-state index is 0.407. The second-order valence-electron chi connectivity index (χ2n) is 5.78. The van der Waals surface area contributed by atoms with Gasteiger partial charge >= 0.3 is 0 Å². The number of likely N-dealkylation sites (N-methyl/N-ethyl adjacent to an activating group) is 2. The first-order chi connectivity index (χ1) is 8.99. The molecule has 2 atom stereocenters. The van der Waals surface area contributed by atoms with Crippen molar-refractivity contribution in [2.75, 3.05) is 20.6 Å². The van der Waals surface area contributed by atoms with E-state index in [0.29, 0.717) is 12.1 Å². The van der Waals surface area contributed by atoms with Crippen LogP contribution in [0.5, 0.6) is 0 Å². The van der Waals surface area contributed by atoms with E-state index in [1.54, 1.807) is 0 Å². The summed E-state index contributed by atoms with van der Waals surface area (Å²) in [5.41, 5.74) is 4.14. The number of nitrogens with one attached hydrogen (secondary N) is 1. The monoisotopic (exact) mass is 262 g/mol. The molecule has 2 unspecified atom stereocenters. The van der Waals surface area contributed by atoms with Gasteiger partial charge in [0.2, 0.25) is 0 Å². The Bertz CT molecular complexity index is 387. The van der Waals surface area contributed by atoms with Crippen molar-refractivity contribution in [3.05, 3.63) is 34.9 Å². The third-order valence-electron chi connectivity index (χ3n) is 4.08. The molecule has 0 radical (unpaired) electrons. The molecule has 0 aliphatic heterocycles. The van der Waals surface area contributed by atoms with Gasteiger partial charge in [-0.2, -0.15) is 0 Å². The van der Waals surface area contributed by atoms with E-state index >= 15 is 0 Å². The second-order valence-corrected chi connectivity index (χ2v) is 5.78. The normalized spacial score (nSPS) is 14.7. The van der Waals surface area contributed by atoms with Crippen molar-refractivity contribution >= 4 is 0 Å². The molecule has 1 rings (SSSR count). The van der Waals surface area contributed by atoms with Crippen molar-refractivity contribution in [3.8, 4) is 0 Å². The quantitative estimate of drug-likeness (QED) is 0.806. The number of aryl methyl sites for hydroxylation is 2. The highest BCUT2D eigenvalue weighted by molar-refractivity contribution is 5.33. The zero-order chi connectivity index (χ0) is 14.4. The van der Waals surface area contributed by atoms with Gasteiger partial charge in [-0.1, -0.05) is 37.1 Å². The Kier molecular flexibility index (Phi) is 6.53. The van der Waals surface area contributed by atoms with Crippen molar-refractivity contribution in [1.82, 2.24) is 10.2 Å². The van der Waals surface area contributed by atoms with Crippen LogP contribution < -0.4 is 5.32 Å². The maximum Gasteiger partial charge on any atom is 0.0449 e. The first-order valence-electron chi connectivity index (χ1n) is 7.44. The van der Waals surface area contributed by atoms with E-state index in [1.807, 2.05) is 0 Å². The van der Waals surface area contributed by atoms with E-state index in [1.165, 1.54) is 29.5 Å². The van der Waals surface area contributed by atoms with Gasteiger partial charge in [-0.15, -0.1) is 0 Å². The SMILES string of the molecule is CCCC(C)N(C)CC(NC)c1ccc(C)cc1C. The van der Waals surface area contributed by atoms with Crippen LogP contribution in [0.2, 0.25) is 0 Å². The van der Waals surface area contributed by atoms with E-state index in [2.05, 4.69) is 70.2 Å². The van der Waals surface area contributed by atoms with Crippen LogP contribution in [0.1, 0.15) is 49.4 Å². The Morgan fingerprint density at radius 2 is 1.95 bits per heavy atom.